The van der Waals surface area contributed by atoms with Crippen molar-refractivity contribution in [1.29, 1.82) is 0 Å². The first-order chi connectivity index (χ1) is 11.1. The van der Waals surface area contributed by atoms with Crippen LogP contribution in [0.4, 0.5) is 0 Å². The second-order valence-electron chi connectivity index (χ2n) is 4.71. The van der Waals surface area contributed by atoms with Crippen molar-refractivity contribution in [3.8, 4) is 22.6 Å². The minimum atomic E-state index is -0.879. The highest BCUT2D eigenvalue weighted by atomic mass is 16.4. The summed E-state index contributed by atoms with van der Waals surface area (Å²) in [6.45, 7) is 0. The molecule has 4 heteroatoms. The van der Waals surface area contributed by atoms with Gasteiger partial charge in [-0.3, -0.25) is 0 Å². The van der Waals surface area contributed by atoms with Crippen LogP contribution in [0.2, 0.25) is 0 Å². The van der Waals surface area contributed by atoms with Gasteiger partial charge >= 0.3 is 5.97 Å². The number of carboxylic acids is 1. The van der Waals surface area contributed by atoms with Crippen LogP contribution in [-0.2, 0) is 0 Å². The third-order valence-electron chi connectivity index (χ3n) is 3.12. The molecule has 4 nitrogen and oxygen atoms in total. The van der Waals surface area contributed by atoms with E-state index in [0.717, 1.165) is 5.56 Å². The smallest absolute Gasteiger partial charge is 0.335 e. The van der Waals surface area contributed by atoms with E-state index in [9.17, 15) is 15.0 Å². The summed E-state index contributed by atoms with van der Waals surface area (Å²) in [6, 6.07) is 22.7. The molecular weight excluding hydrogens is 292 g/mol. The Bertz CT molecular complexity index is 768. The first kappa shape index (κ1) is 16.1. The number of rotatable bonds is 2. The molecule has 3 aromatic carbocycles. The van der Waals surface area contributed by atoms with E-state index in [1.54, 1.807) is 42.5 Å². The number of phenols is 2. The SMILES string of the molecule is O=C(O)c1ccccc1.Oc1cccc(-c2ccccc2)c1O. The van der Waals surface area contributed by atoms with Gasteiger partial charge in [-0.25, -0.2) is 4.79 Å². The van der Waals surface area contributed by atoms with E-state index in [2.05, 4.69) is 0 Å². The Balaban J connectivity index is 0.000000185. The van der Waals surface area contributed by atoms with Crippen molar-refractivity contribution in [2.45, 2.75) is 0 Å². The molecule has 0 aliphatic rings. The van der Waals surface area contributed by atoms with Crippen molar-refractivity contribution < 1.29 is 20.1 Å². The first-order valence-electron chi connectivity index (χ1n) is 6.94. The molecule has 0 spiro atoms. The Kier molecular flexibility index (Phi) is 5.36. The van der Waals surface area contributed by atoms with Crippen molar-refractivity contribution in [3.63, 3.8) is 0 Å². The number of para-hydroxylation sites is 1. The monoisotopic (exact) mass is 308 g/mol. The average Bonchev–Trinajstić information content (AvgIpc) is 2.59. The average molecular weight is 308 g/mol. The van der Waals surface area contributed by atoms with E-state index in [4.69, 9.17) is 5.11 Å². The van der Waals surface area contributed by atoms with Gasteiger partial charge in [-0.2, -0.15) is 0 Å². The molecule has 116 valence electrons. The third-order valence-corrected chi connectivity index (χ3v) is 3.12. The van der Waals surface area contributed by atoms with Gasteiger partial charge in [0, 0.05) is 5.56 Å². The lowest BCUT2D eigenvalue weighted by Crippen LogP contribution is -1.93. The maximum atomic E-state index is 10.2. The Labute approximate surface area is 133 Å². The summed E-state index contributed by atoms with van der Waals surface area (Å²) < 4.78 is 0. The van der Waals surface area contributed by atoms with Gasteiger partial charge in [-0.1, -0.05) is 60.7 Å². The van der Waals surface area contributed by atoms with Gasteiger partial charge < -0.3 is 15.3 Å². The van der Waals surface area contributed by atoms with Gasteiger partial charge in [0.15, 0.2) is 11.5 Å². The van der Waals surface area contributed by atoms with Crippen molar-refractivity contribution in [3.05, 3.63) is 84.4 Å². The predicted molar refractivity (Wildman–Crippen MR) is 88.6 cm³/mol. The molecule has 3 N–H and O–H groups in total. The van der Waals surface area contributed by atoms with E-state index in [0.29, 0.717) is 11.1 Å². The molecule has 0 radical (unpaired) electrons. The van der Waals surface area contributed by atoms with E-state index in [-0.39, 0.29) is 11.5 Å². The zero-order valence-corrected chi connectivity index (χ0v) is 12.3. The summed E-state index contributed by atoms with van der Waals surface area (Å²) in [5, 5.41) is 27.3. The van der Waals surface area contributed by atoms with Crippen molar-refractivity contribution in [1.82, 2.24) is 0 Å². The van der Waals surface area contributed by atoms with E-state index >= 15 is 0 Å². The molecule has 0 atom stereocenters. The van der Waals surface area contributed by atoms with Gasteiger partial charge in [-0.05, 0) is 23.8 Å². The molecule has 0 aliphatic carbocycles. The van der Waals surface area contributed by atoms with E-state index in [1.165, 1.54) is 6.07 Å². The standard InChI is InChI=1S/C12H10O2.C7H6O2/c13-11-8-4-7-10(12(11)14)9-5-2-1-3-6-9;8-7(9)6-4-2-1-3-5-6/h1-8,13-14H;1-5H,(H,8,9). The molecule has 0 aromatic heterocycles. The molecule has 0 fully saturated rings. The van der Waals surface area contributed by atoms with Crippen LogP contribution in [-0.4, -0.2) is 21.3 Å². The van der Waals surface area contributed by atoms with Gasteiger partial charge in [0.25, 0.3) is 0 Å². The fourth-order valence-electron chi connectivity index (χ4n) is 1.96. The largest absolute Gasteiger partial charge is 0.504 e. The fraction of sp³-hybridized carbons (Fsp3) is 0. The molecule has 0 unspecified atom stereocenters. The maximum Gasteiger partial charge on any atom is 0.335 e. The van der Waals surface area contributed by atoms with Crippen LogP contribution in [0.15, 0.2) is 78.9 Å². The molecule has 0 heterocycles. The van der Waals surface area contributed by atoms with Crippen LogP contribution in [0.3, 0.4) is 0 Å². The Hall–Kier alpha value is -3.27. The van der Waals surface area contributed by atoms with Gasteiger partial charge in [0.2, 0.25) is 0 Å². The van der Waals surface area contributed by atoms with Crippen LogP contribution in [0.5, 0.6) is 11.5 Å². The number of phenolic OH excluding ortho intramolecular Hbond substituents is 2. The molecule has 3 aromatic rings. The Morgan fingerprint density at radius 3 is 1.78 bits per heavy atom. The summed E-state index contributed by atoms with van der Waals surface area (Å²) in [6.07, 6.45) is 0. The van der Waals surface area contributed by atoms with Crippen LogP contribution < -0.4 is 0 Å². The molecule has 0 bridgehead atoms. The predicted octanol–water partition coefficient (Wildman–Crippen LogP) is 4.15. The van der Waals surface area contributed by atoms with Gasteiger partial charge in [-0.15, -0.1) is 0 Å². The van der Waals surface area contributed by atoms with Crippen molar-refractivity contribution >= 4 is 5.97 Å². The lowest BCUT2D eigenvalue weighted by atomic mass is 10.0. The highest BCUT2D eigenvalue weighted by Crippen LogP contribution is 2.35. The first-order valence-corrected chi connectivity index (χ1v) is 6.94. The number of aromatic hydroxyl groups is 2. The van der Waals surface area contributed by atoms with Crippen molar-refractivity contribution in [2.75, 3.05) is 0 Å². The number of carboxylic acid groups (broad SMARTS) is 1. The number of carbonyl (C=O) groups is 1. The van der Waals surface area contributed by atoms with Gasteiger partial charge in [0.05, 0.1) is 5.56 Å². The summed E-state index contributed by atoms with van der Waals surface area (Å²) in [7, 11) is 0. The third kappa shape index (κ3) is 4.35. The molecule has 0 aliphatic heterocycles. The summed E-state index contributed by atoms with van der Waals surface area (Å²) >= 11 is 0. The number of benzene rings is 3. The number of aromatic carboxylic acids is 1. The second-order valence-corrected chi connectivity index (χ2v) is 4.71. The van der Waals surface area contributed by atoms with Crippen molar-refractivity contribution in [2.24, 2.45) is 0 Å². The normalized spacial score (nSPS) is 9.57. The molecule has 0 saturated carbocycles. The van der Waals surface area contributed by atoms with E-state index < -0.39 is 5.97 Å². The maximum absolute atomic E-state index is 10.2. The summed E-state index contributed by atoms with van der Waals surface area (Å²) in [5.41, 5.74) is 1.86. The van der Waals surface area contributed by atoms with Crippen LogP contribution in [0.1, 0.15) is 10.4 Å². The second kappa shape index (κ2) is 7.66. The minimum absolute atomic E-state index is 0.0706. The molecule has 23 heavy (non-hydrogen) atoms. The zero-order chi connectivity index (χ0) is 16.7. The minimum Gasteiger partial charge on any atom is -0.504 e. The van der Waals surface area contributed by atoms with Crippen LogP contribution in [0, 0.1) is 0 Å². The quantitative estimate of drug-likeness (QED) is 0.621. The fourth-order valence-corrected chi connectivity index (χ4v) is 1.96. The van der Waals surface area contributed by atoms with E-state index in [1.807, 2.05) is 30.3 Å². The Morgan fingerprint density at radius 2 is 1.26 bits per heavy atom. The topological polar surface area (TPSA) is 77.8 Å². The van der Waals surface area contributed by atoms with Gasteiger partial charge in [0.1, 0.15) is 0 Å². The highest BCUT2D eigenvalue weighted by molar-refractivity contribution is 5.87. The summed E-state index contributed by atoms with van der Waals surface area (Å²) in [5.74, 6) is -1.04. The lowest BCUT2D eigenvalue weighted by molar-refractivity contribution is 0.0697. The molecule has 0 saturated heterocycles. The van der Waals surface area contributed by atoms with Crippen LogP contribution in [0.25, 0.3) is 11.1 Å². The zero-order valence-electron chi connectivity index (χ0n) is 12.3. The molecular formula is C19H16O4. The summed E-state index contributed by atoms with van der Waals surface area (Å²) in [4.78, 5) is 10.2. The number of hydrogen-bond acceptors (Lipinski definition) is 3. The number of hydrogen-bond donors (Lipinski definition) is 3. The van der Waals surface area contributed by atoms with Crippen LogP contribution >= 0.6 is 0 Å². The highest BCUT2D eigenvalue weighted by Gasteiger charge is 2.06. The lowest BCUT2D eigenvalue weighted by Gasteiger charge is -2.05. The Morgan fingerprint density at radius 1 is 0.696 bits per heavy atom. The molecule has 0 amide bonds. The molecule has 3 rings (SSSR count).